The Bertz CT molecular complexity index is 985. The van der Waals surface area contributed by atoms with E-state index in [1.165, 1.54) is 12.1 Å². The van der Waals surface area contributed by atoms with Gasteiger partial charge in [0, 0.05) is 24.8 Å². The van der Waals surface area contributed by atoms with Gasteiger partial charge in [0.05, 0.1) is 17.6 Å². The third-order valence-corrected chi connectivity index (χ3v) is 9.36. The number of sulfone groups is 1. The molecule has 1 aromatic rings. The Morgan fingerprint density at radius 3 is 2.53 bits per heavy atom. The summed E-state index contributed by atoms with van der Waals surface area (Å²) >= 11 is 0. The quantitative estimate of drug-likeness (QED) is 0.555. The van der Waals surface area contributed by atoms with Crippen molar-refractivity contribution >= 4 is 21.4 Å². The molecular formula is C25H37NO7S. The first-order valence-electron chi connectivity index (χ1n) is 12.2. The molecule has 7 atom stereocenters. The van der Waals surface area contributed by atoms with E-state index in [0.717, 1.165) is 31.9 Å². The molecule has 5 rings (SSSR count). The molecule has 1 saturated carbocycles. The molecule has 1 aromatic carbocycles. The summed E-state index contributed by atoms with van der Waals surface area (Å²) < 4.78 is 29.3. The molecule has 4 fully saturated rings. The number of ether oxygens (including phenoxy) is 1. The number of benzene rings is 1. The molecule has 8 nitrogen and oxygen atoms in total. The molecule has 1 aliphatic carbocycles. The normalized spacial score (nSPS) is 35.1. The zero-order chi connectivity index (χ0) is 24.7. The first kappa shape index (κ1) is 25.6. The molecule has 0 aromatic heterocycles. The maximum Gasteiger partial charge on any atom is 0.224 e. The molecule has 4 aliphatic rings. The van der Waals surface area contributed by atoms with Gasteiger partial charge >= 0.3 is 0 Å². The summed E-state index contributed by atoms with van der Waals surface area (Å²) in [5, 5.41) is 13.8. The highest BCUT2D eigenvalue weighted by Crippen LogP contribution is 2.55. The average molecular weight is 496 g/mol. The van der Waals surface area contributed by atoms with Crippen molar-refractivity contribution in [2.45, 2.75) is 81.7 Å². The highest BCUT2D eigenvalue weighted by Gasteiger charge is 2.61. The summed E-state index contributed by atoms with van der Waals surface area (Å²) in [6, 6.07) is 6.06. The van der Waals surface area contributed by atoms with E-state index in [1.807, 2.05) is 13.8 Å². The van der Waals surface area contributed by atoms with Crippen LogP contribution in [0.3, 0.4) is 0 Å². The van der Waals surface area contributed by atoms with Gasteiger partial charge in [0.1, 0.15) is 5.60 Å². The van der Waals surface area contributed by atoms with Crippen molar-refractivity contribution < 1.29 is 32.8 Å². The van der Waals surface area contributed by atoms with Crippen LogP contribution in [-0.4, -0.2) is 49.8 Å². The van der Waals surface area contributed by atoms with Crippen LogP contribution in [0.5, 0.6) is 0 Å². The smallest absolute Gasteiger partial charge is 0.224 e. The van der Waals surface area contributed by atoms with Crippen LogP contribution in [0.1, 0.15) is 59.3 Å². The zero-order valence-corrected chi connectivity index (χ0v) is 21.3. The maximum atomic E-state index is 12.5. The van der Waals surface area contributed by atoms with Crippen molar-refractivity contribution in [1.82, 2.24) is 0 Å². The lowest BCUT2D eigenvalue weighted by atomic mass is 9.59. The molecule has 34 heavy (non-hydrogen) atoms. The standard InChI is InChI=1S/C25H37NO7S/c1-16-5-10-21(25-15-31-24(3,32-33-25)14-13-20(16)25)17(2)22(27)11-12-23(28)26-18-6-8-19(9-7-18)34(4,29)30/h6-9,16-17,20-22,27H,5,10-15H2,1-4H3,(H,26,28). The largest absolute Gasteiger partial charge is 0.393 e. The second-order valence-corrected chi connectivity index (χ2v) is 12.7. The lowest BCUT2D eigenvalue weighted by Gasteiger charge is -2.53. The number of anilines is 1. The lowest BCUT2D eigenvalue weighted by molar-refractivity contribution is -0.517. The summed E-state index contributed by atoms with van der Waals surface area (Å²) in [6.07, 6.45) is 4.69. The Kier molecular flexibility index (Phi) is 7.15. The van der Waals surface area contributed by atoms with E-state index in [4.69, 9.17) is 14.5 Å². The molecule has 1 spiro atoms. The fourth-order valence-corrected chi connectivity index (χ4v) is 6.68. The number of carbonyl (C=O) groups is 1. The molecule has 190 valence electrons. The second kappa shape index (κ2) is 9.50. The van der Waals surface area contributed by atoms with Crippen LogP contribution in [-0.2, 0) is 29.1 Å². The van der Waals surface area contributed by atoms with Crippen LogP contribution < -0.4 is 5.32 Å². The zero-order valence-electron chi connectivity index (χ0n) is 20.5. The monoisotopic (exact) mass is 495 g/mol. The van der Waals surface area contributed by atoms with Crippen molar-refractivity contribution in [2.24, 2.45) is 23.7 Å². The molecule has 2 N–H and O–H groups in total. The number of nitrogens with one attached hydrogen (secondary N) is 1. The average Bonchev–Trinajstić information content (AvgIpc) is 3.04. The van der Waals surface area contributed by atoms with E-state index in [9.17, 15) is 18.3 Å². The lowest BCUT2D eigenvalue weighted by Crippen LogP contribution is -2.61. The minimum Gasteiger partial charge on any atom is -0.393 e. The second-order valence-electron chi connectivity index (χ2n) is 10.7. The number of carbonyl (C=O) groups excluding carboxylic acids is 1. The maximum absolute atomic E-state index is 12.5. The summed E-state index contributed by atoms with van der Waals surface area (Å²) in [6.45, 7) is 6.68. The van der Waals surface area contributed by atoms with Gasteiger partial charge in [0.25, 0.3) is 0 Å². The third-order valence-electron chi connectivity index (χ3n) is 8.24. The number of hydrogen-bond donors (Lipinski definition) is 2. The highest BCUT2D eigenvalue weighted by molar-refractivity contribution is 7.90. The van der Waals surface area contributed by atoms with Gasteiger partial charge in [-0.15, -0.1) is 0 Å². The summed E-state index contributed by atoms with van der Waals surface area (Å²) in [4.78, 5) is 24.5. The van der Waals surface area contributed by atoms with E-state index in [0.29, 0.717) is 30.6 Å². The van der Waals surface area contributed by atoms with E-state index < -0.39 is 27.3 Å². The Labute approximate surface area is 202 Å². The van der Waals surface area contributed by atoms with Gasteiger partial charge in [-0.2, -0.15) is 0 Å². The van der Waals surface area contributed by atoms with Crippen LogP contribution in [0.2, 0.25) is 0 Å². The number of aliphatic hydroxyl groups is 1. The van der Waals surface area contributed by atoms with Gasteiger partial charge in [-0.1, -0.05) is 13.8 Å². The van der Waals surface area contributed by atoms with E-state index >= 15 is 0 Å². The minimum atomic E-state index is -3.29. The fraction of sp³-hybridized carbons (Fsp3) is 0.720. The highest BCUT2D eigenvalue weighted by atomic mass is 32.2. The fourth-order valence-electron chi connectivity index (χ4n) is 6.05. The van der Waals surface area contributed by atoms with Crippen molar-refractivity contribution in [3.63, 3.8) is 0 Å². The molecule has 0 radical (unpaired) electrons. The van der Waals surface area contributed by atoms with Crippen molar-refractivity contribution in [2.75, 3.05) is 18.2 Å². The van der Waals surface area contributed by atoms with E-state index in [-0.39, 0.29) is 29.1 Å². The van der Waals surface area contributed by atoms with E-state index in [1.54, 1.807) is 12.1 Å². The molecule has 3 saturated heterocycles. The molecule has 2 bridgehead atoms. The number of amides is 1. The number of fused-ring (bicyclic) bond motifs is 3. The van der Waals surface area contributed by atoms with Gasteiger partial charge in [0.2, 0.25) is 5.91 Å². The predicted molar refractivity (Wildman–Crippen MR) is 126 cm³/mol. The molecular weight excluding hydrogens is 458 g/mol. The van der Waals surface area contributed by atoms with Gasteiger partial charge in [0.15, 0.2) is 15.6 Å². The Balaban J connectivity index is 1.36. The predicted octanol–water partition coefficient (Wildman–Crippen LogP) is 3.70. The molecule has 9 heteroatoms. The summed E-state index contributed by atoms with van der Waals surface area (Å²) in [5.41, 5.74) is -0.0492. The Hall–Kier alpha value is -1.52. The van der Waals surface area contributed by atoms with Crippen molar-refractivity contribution in [3.8, 4) is 0 Å². The first-order valence-corrected chi connectivity index (χ1v) is 14.1. The van der Waals surface area contributed by atoms with Gasteiger partial charge in [-0.05, 0) is 80.5 Å². The third kappa shape index (κ3) is 5.04. The van der Waals surface area contributed by atoms with Crippen LogP contribution in [0.4, 0.5) is 5.69 Å². The van der Waals surface area contributed by atoms with Gasteiger partial charge < -0.3 is 15.2 Å². The summed E-state index contributed by atoms with van der Waals surface area (Å²) in [5.74, 6) is -0.148. The SMILES string of the molecule is CC1CCC(C(C)C(O)CCC(=O)Nc2ccc(S(C)(=O)=O)cc2)C23COC(C)(CCC12)OO3. The van der Waals surface area contributed by atoms with E-state index in [2.05, 4.69) is 12.2 Å². The van der Waals surface area contributed by atoms with Crippen molar-refractivity contribution in [1.29, 1.82) is 0 Å². The van der Waals surface area contributed by atoms with Gasteiger partial charge in [-0.25, -0.2) is 18.2 Å². The van der Waals surface area contributed by atoms with Gasteiger partial charge in [-0.3, -0.25) is 4.79 Å². The number of hydrogen-bond acceptors (Lipinski definition) is 7. The first-order chi connectivity index (χ1) is 15.9. The van der Waals surface area contributed by atoms with Crippen molar-refractivity contribution in [3.05, 3.63) is 24.3 Å². The van der Waals surface area contributed by atoms with Crippen LogP contribution in [0, 0.1) is 23.7 Å². The minimum absolute atomic E-state index is 0.0675. The Morgan fingerprint density at radius 2 is 1.91 bits per heavy atom. The molecule has 7 unspecified atom stereocenters. The molecule has 3 aliphatic heterocycles. The Morgan fingerprint density at radius 1 is 1.21 bits per heavy atom. The molecule has 1 amide bonds. The topological polar surface area (TPSA) is 111 Å². The van der Waals surface area contributed by atoms with Crippen LogP contribution in [0.25, 0.3) is 0 Å². The number of aliphatic hydroxyl groups excluding tert-OH is 1. The molecule has 3 heterocycles. The van der Waals surface area contributed by atoms with Crippen LogP contribution in [0.15, 0.2) is 29.2 Å². The van der Waals surface area contributed by atoms with Crippen LogP contribution >= 0.6 is 0 Å². The summed E-state index contributed by atoms with van der Waals surface area (Å²) in [7, 11) is -3.29. The number of rotatable bonds is 7.